The van der Waals surface area contributed by atoms with Gasteiger partial charge in [-0.3, -0.25) is 4.98 Å². The number of carbonyl (C=O) groups is 1. The molecule has 0 aliphatic carbocycles. The molecule has 0 aliphatic heterocycles. The molecule has 2 aromatic rings. The third kappa shape index (κ3) is 3.03. The van der Waals surface area contributed by atoms with E-state index < -0.39 is 5.97 Å². The molecule has 0 fully saturated rings. The van der Waals surface area contributed by atoms with Crippen LogP contribution in [0.25, 0.3) is 11.1 Å². The molecule has 4 nitrogen and oxygen atoms in total. The van der Waals surface area contributed by atoms with Gasteiger partial charge in [-0.15, -0.1) is 0 Å². The summed E-state index contributed by atoms with van der Waals surface area (Å²) < 4.78 is 4.94. The third-order valence-electron chi connectivity index (χ3n) is 2.58. The number of aromatic hydroxyl groups is 1. The first-order chi connectivity index (χ1) is 9.52. The van der Waals surface area contributed by atoms with E-state index in [4.69, 9.17) is 27.9 Å². The molecule has 20 heavy (non-hydrogen) atoms. The SMILES string of the molecule is CCOC(=O)c1c(O)cncc1-c1cc(Cl)cc(Cl)c1. The molecule has 0 saturated carbocycles. The van der Waals surface area contributed by atoms with E-state index in [1.807, 2.05) is 0 Å². The van der Waals surface area contributed by atoms with Crippen LogP contribution in [-0.4, -0.2) is 22.7 Å². The molecule has 6 heteroatoms. The van der Waals surface area contributed by atoms with Gasteiger partial charge in [0.25, 0.3) is 0 Å². The van der Waals surface area contributed by atoms with Crippen LogP contribution in [0.3, 0.4) is 0 Å². The summed E-state index contributed by atoms with van der Waals surface area (Å²) in [6.07, 6.45) is 2.63. The van der Waals surface area contributed by atoms with E-state index in [2.05, 4.69) is 4.98 Å². The number of ether oxygens (including phenoxy) is 1. The molecule has 1 aromatic heterocycles. The fraction of sp³-hybridized carbons (Fsp3) is 0.143. The predicted octanol–water partition coefficient (Wildman–Crippen LogP) is 3.94. The molecule has 0 atom stereocenters. The van der Waals surface area contributed by atoms with Crippen LogP contribution in [0.5, 0.6) is 5.75 Å². The molecule has 0 amide bonds. The Morgan fingerprint density at radius 1 is 1.25 bits per heavy atom. The Labute approximate surface area is 125 Å². The second kappa shape index (κ2) is 6.11. The number of rotatable bonds is 3. The van der Waals surface area contributed by atoms with Gasteiger partial charge in [0.05, 0.1) is 12.8 Å². The summed E-state index contributed by atoms with van der Waals surface area (Å²) in [5.41, 5.74) is 1.03. The summed E-state index contributed by atoms with van der Waals surface area (Å²) in [4.78, 5) is 15.8. The molecule has 0 saturated heterocycles. The number of carbonyl (C=O) groups excluding carboxylic acids is 1. The van der Waals surface area contributed by atoms with Crippen molar-refractivity contribution in [1.82, 2.24) is 4.98 Å². The van der Waals surface area contributed by atoms with Crippen molar-refractivity contribution >= 4 is 29.2 Å². The summed E-state index contributed by atoms with van der Waals surface area (Å²) in [7, 11) is 0. The van der Waals surface area contributed by atoms with Crippen molar-refractivity contribution in [2.45, 2.75) is 6.92 Å². The molecule has 2 rings (SSSR count). The minimum absolute atomic E-state index is 0.0418. The van der Waals surface area contributed by atoms with Gasteiger partial charge in [-0.2, -0.15) is 0 Å². The van der Waals surface area contributed by atoms with Crippen LogP contribution >= 0.6 is 23.2 Å². The van der Waals surface area contributed by atoms with Crippen LogP contribution in [0, 0.1) is 0 Å². The second-order valence-corrected chi connectivity index (χ2v) is 4.83. The van der Waals surface area contributed by atoms with E-state index in [-0.39, 0.29) is 17.9 Å². The lowest BCUT2D eigenvalue weighted by Crippen LogP contribution is -2.07. The summed E-state index contributed by atoms with van der Waals surface area (Å²) in [6.45, 7) is 1.89. The monoisotopic (exact) mass is 311 g/mol. The lowest BCUT2D eigenvalue weighted by atomic mass is 10.0. The minimum Gasteiger partial charge on any atom is -0.505 e. The Morgan fingerprint density at radius 3 is 2.50 bits per heavy atom. The van der Waals surface area contributed by atoms with Gasteiger partial charge in [0.1, 0.15) is 11.3 Å². The number of hydrogen-bond donors (Lipinski definition) is 1. The molecule has 0 radical (unpaired) electrons. The average Bonchev–Trinajstić information content (AvgIpc) is 2.37. The summed E-state index contributed by atoms with van der Waals surface area (Å²) >= 11 is 11.9. The fourth-order valence-electron chi connectivity index (χ4n) is 1.80. The van der Waals surface area contributed by atoms with Crippen molar-refractivity contribution in [3.05, 3.63) is 46.2 Å². The highest BCUT2D eigenvalue weighted by Gasteiger charge is 2.19. The number of halogens is 2. The Balaban J connectivity index is 2.62. The summed E-state index contributed by atoms with van der Waals surface area (Å²) in [5.74, 6) is -0.879. The number of aromatic nitrogens is 1. The molecule has 0 spiro atoms. The molecule has 1 aromatic carbocycles. The lowest BCUT2D eigenvalue weighted by molar-refractivity contribution is 0.0524. The number of nitrogens with zero attached hydrogens (tertiary/aromatic N) is 1. The highest BCUT2D eigenvalue weighted by Crippen LogP contribution is 2.33. The molecule has 1 N–H and O–H groups in total. The Bertz CT molecular complexity index is 639. The zero-order valence-electron chi connectivity index (χ0n) is 10.6. The van der Waals surface area contributed by atoms with Crippen molar-refractivity contribution in [3.8, 4) is 16.9 Å². The lowest BCUT2D eigenvalue weighted by Gasteiger charge is -2.10. The van der Waals surface area contributed by atoms with Crippen LogP contribution in [-0.2, 0) is 4.74 Å². The standard InChI is InChI=1S/C14H11Cl2NO3/c1-2-20-14(19)13-11(6-17-7-12(13)18)8-3-9(15)5-10(16)4-8/h3-7,18H,2H2,1H3. The molecule has 104 valence electrons. The molecule has 0 bridgehead atoms. The smallest absolute Gasteiger partial charge is 0.342 e. The summed E-state index contributed by atoms with van der Waals surface area (Å²) in [5, 5.41) is 10.7. The van der Waals surface area contributed by atoms with Crippen LogP contribution in [0.15, 0.2) is 30.6 Å². The van der Waals surface area contributed by atoms with E-state index in [0.29, 0.717) is 21.2 Å². The first-order valence-electron chi connectivity index (χ1n) is 5.83. The van der Waals surface area contributed by atoms with Gasteiger partial charge < -0.3 is 9.84 Å². The maximum Gasteiger partial charge on any atom is 0.342 e. The fourth-order valence-corrected chi connectivity index (χ4v) is 2.32. The summed E-state index contributed by atoms with van der Waals surface area (Å²) in [6, 6.07) is 4.84. The molecule has 1 heterocycles. The third-order valence-corrected chi connectivity index (χ3v) is 3.02. The Kier molecular flexibility index (Phi) is 4.47. The van der Waals surface area contributed by atoms with Crippen LogP contribution in [0.1, 0.15) is 17.3 Å². The average molecular weight is 312 g/mol. The van der Waals surface area contributed by atoms with Gasteiger partial charge in [0, 0.05) is 21.8 Å². The highest BCUT2D eigenvalue weighted by atomic mass is 35.5. The van der Waals surface area contributed by atoms with E-state index in [9.17, 15) is 9.90 Å². The first-order valence-corrected chi connectivity index (χ1v) is 6.59. The van der Waals surface area contributed by atoms with Crippen molar-refractivity contribution in [1.29, 1.82) is 0 Å². The minimum atomic E-state index is -0.626. The van der Waals surface area contributed by atoms with Crippen molar-refractivity contribution < 1.29 is 14.6 Å². The second-order valence-electron chi connectivity index (χ2n) is 3.96. The van der Waals surface area contributed by atoms with Crippen LogP contribution in [0.4, 0.5) is 0 Å². The topological polar surface area (TPSA) is 59.4 Å². The maximum absolute atomic E-state index is 12.0. The Morgan fingerprint density at radius 2 is 1.90 bits per heavy atom. The van der Waals surface area contributed by atoms with Crippen LogP contribution < -0.4 is 0 Å². The number of hydrogen-bond acceptors (Lipinski definition) is 4. The zero-order valence-corrected chi connectivity index (χ0v) is 12.1. The van der Waals surface area contributed by atoms with Gasteiger partial charge in [-0.05, 0) is 30.7 Å². The zero-order chi connectivity index (χ0) is 14.7. The number of pyridine rings is 1. The highest BCUT2D eigenvalue weighted by molar-refractivity contribution is 6.35. The molecular weight excluding hydrogens is 301 g/mol. The maximum atomic E-state index is 12.0. The first kappa shape index (κ1) is 14.6. The van der Waals surface area contributed by atoms with Gasteiger partial charge in [0.2, 0.25) is 0 Å². The largest absolute Gasteiger partial charge is 0.505 e. The van der Waals surface area contributed by atoms with Crippen molar-refractivity contribution in [2.24, 2.45) is 0 Å². The van der Waals surface area contributed by atoms with E-state index in [1.54, 1.807) is 25.1 Å². The van der Waals surface area contributed by atoms with Crippen molar-refractivity contribution in [2.75, 3.05) is 6.61 Å². The number of esters is 1. The quantitative estimate of drug-likeness (QED) is 0.872. The van der Waals surface area contributed by atoms with E-state index >= 15 is 0 Å². The Hall–Kier alpha value is -1.78. The van der Waals surface area contributed by atoms with E-state index in [1.165, 1.54) is 12.4 Å². The molecule has 0 aliphatic rings. The van der Waals surface area contributed by atoms with Gasteiger partial charge >= 0.3 is 5.97 Å². The molecule has 0 unspecified atom stereocenters. The molecular formula is C14H11Cl2NO3. The van der Waals surface area contributed by atoms with Gasteiger partial charge in [0.15, 0.2) is 0 Å². The number of benzene rings is 1. The normalized spacial score (nSPS) is 10.3. The van der Waals surface area contributed by atoms with Gasteiger partial charge in [-0.1, -0.05) is 23.2 Å². The predicted molar refractivity (Wildman–Crippen MR) is 77.3 cm³/mol. The van der Waals surface area contributed by atoms with Gasteiger partial charge in [-0.25, -0.2) is 4.79 Å². The van der Waals surface area contributed by atoms with Crippen LogP contribution in [0.2, 0.25) is 10.0 Å². The van der Waals surface area contributed by atoms with E-state index in [0.717, 1.165) is 0 Å². The van der Waals surface area contributed by atoms with Crippen molar-refractivity contribution in [3.63, 3.8) is 0 Å².